The van der Waals surface area contributed by atoms with Crippen LogP contribution < -0.4 is 0 Å². The number of nitrogens with zero attached hydrogens (tertiary/aromatic N) is 2. The quantitative estimate of drug-likeness (QED) is 0.718. The van der Waals surface area contributed by atoms with E-state index >= 15 is 0 Å². The maximum Gasteiger partial charge on any atom is 0.141 e. The number of hydrogen-bond donors (Lipinski definition) is 1. The molecular formula is C17H18N2O. The highest BCUT2D eigenvalue weighted by atomic mass is 16.2. The van der Waals surface area contributed by atoms with E-state index in [2.05, 4.69) is 22.8 Å². The van der Waals surface area contributed by atoms with E-state index in [0.717, 1.165) is 41.8 Å². The van der Waals surface area contributed by atoms with Crippen LogP contribution in [-0.2, 0) is 6.54 Å². The number of rotatable bonds is 5. The van der Waals surface area contributed by atoms with Gasteiger partial charge >= 0.3 is 0 Å². The van der Waals surface area contributed by atoms with Crippen LogP contribution in [0.25, 0.3) is 22.4 Å². The molecule has 0 saturated heterocycles. The minimum atomic E-state index is 0.243. The van der Waals surface area contributed by atoms with E-state index in [9.17, 15) is 0 Å². The lowest BCUT2D eigenvalue weighted by Gasteiger charge is -2.08. The third-order valence-electron chi connectivity index (χ3n) is 3.48. The van der Waals surface area contributed by atoms with Gasteiger partial charge in [0.15, 0.2) is 0 Å². The highest BCUT2D eigenvalue weighted by Gasteiger charge is 2.11. The predicted octanol–water partition coefficient (Wildman–Crippen LogP) is 3.48. The van der Waals surface area contributed by atoms with E-state index in [0.29, 0.717) is 0 Å². The number of para-hydroxylation sites is 2. The highest BCUT2D eigenvalue weighted by molar-refractivity contribution is 5.80. The standard InChI is InChI=1S/C17H18N2O/c20-13-7-6-12-19-16-11-5-4-10-15(16)18-17(19)14-8-2-1-3-9-14/h1-5,8-11,20H,6-7,12-13H2. The molecule has 20 heavy (non-hydrogen) atoms. The van der Waals surface area contributed by atoms with Gasteiger partial charge < -0.3 is 9.67 Å². The molecule has 0 amide bonds. The fourth-order valence-electron chi connectivity index (χ4n) is 2.49. The Morgan fingerprint density at radius 2 is 1.65 bits per heavy atom. The zero-order chi connectivity index (χ0) is 13.8. The normalized spacial score (nSPS) is 11.1. The molecule has 0 atom stereocenters. The van der Waals surface area contributed by atoms with Crippen molar-refractivity contribution >= 4 is 11.0 Å². The zero-order valence-corrected chi connectivity index (χ0v) is 11.4. The lowest BCUT2D eigenvalue weighted by Crippen LogP contribution is -2.01. The van der Waals surface area contributed by atoms with E-state index in [1.807, 2.05) is 36.4 Å². The number of benzene rings is 2. The van der Waals surface area contributed by atoms with Crippen molar-refractivity contribution in [3.05, 3.63) is 54.6 Å². The second-order valence-electron chi connectivity index (χ2n) is 4.87. The molecule has 0 saturated carbocycles. The Balaban J connectivity index is 2.08. The molecule has 0 fully saturated rings. The minimum absolute atomic E-state index is 0.243. The third-order valence-corrected chi connectivity index (χ3v) is 3.48. The van der Waals surface area contributed by atoms with E-state index in [4.69, 9.17) is 10.1 Å². The van der Waals surface area contributed by atoms with Crippen LogP contribution in [0.3, 0.4) is 0 Å². The first kappa shape index (κ1) is 12.9. The van der Waals surface area contributed by atoms with Crippen LogP contribution in [-0.4, -0.2) is 21.3 Å². The van der Waals surface area contributed by atoms with Crippen LogP contribution >= 0.6 is 0 Å². The second-order valence-corrected chi connectivity index (χ2v) is 4.87. The van der Waals surface area contributed by atoms with Gasteiger partial charge in [0.05, 0.1) is 11.0 Å². The van der Waals surface area contributed by atoms with Crippen molar-refractivity contribution in [1.82, 2.24) is 9.55 Å². The Labute approximate surface area is 118 Å². The van der Waals surface area contributed by atoms with E-state index in [1.165, 1.54) is 0 Å². The average Bonchev–Trinajstić information content (AvgIpc) is 2.87. The number of aliphatic hydroxyl groups excluding tert-OH is 1. The fraction of sp³-hybridized carbons (Fsp3) is 0.235. The number of unbranched alkanes of at least 4 members (excludes halogenated alkanes) is 1. The summed E-state index contributed by atoms with van der Waals surface area (Å²) in [7, 11) is 0. The van der Waals surface area contributed by atoms with Gasteiger partial charge in [-0.15, -0.1) is 0 Å². The summed E-state index contributed by atoms with van der Waals surface area (Å²) in [5, 5.41) is 8.97. The van der Waals surface area contributed by atoms with Crippen molar-refractivity contribution in [2.75, 3.05) is 6.61 Å². The average molecular weight is 266 g/mol. The summed E-state index contributed by atoms with van der Waals surface area (Å²) >= 11 is 0. The van der Waals surface area contributed by atoms with Crippen LogP contribution in [0.1, 0.15) is 12.8 Å². The van der Waals surface area contributed by atoms with Crippen molar-refractivity contribution in [2.24, 2.45) is 0 Å². The molecule has 3 rings (SSSR count). The first-order chi connectivity index (χ1) is 9.90. The third kappa shape index (κ3) is 2.45. The van der Waals surface area contributed by atoms with Crippen LogP contribution in [0.5, 0.6) is 0 Å². The van der Waals surface area contributed by atoms with E-state index in [1.54, 1.807) is 0 Å². The monoisotopic (exact) mass is 266 g/mol. The summed E-state index contributed by atoms with van der Waals surface area (Å²) in [5.74, 6) is 1.00. The number of hydrogen-bond acceptors (Lipinski definition) is 2. The number of aromatic nitrogens is 2. The van der Waals surface area contributed by atoms with Gasteiger partial charge in [0.1, 0.15) is 5.82 Å². The van der Waals surface area contributed by atoms with Gasteiger partial charge in [-0.2, -0.15) is 0 Å². The largest absolute Gasteiger partial charge is 0.396 e. The van der Waals surface area contributed by atoms with Crippen molar-refractivity contribution in [1.29, 1.82) is 0 Å². The van der Waals surface area contributed by atoms with Crippen molar-refractivity contribution in [3.8, 4) is 11.4 Å². The first-order valence-corrected chi connectivity index (χ1v) is 7.01. The van der Waals surface area contributed by atoms with Crippen molar-refractivity contribution < 1.29 is 5.11 Å². The molecule has 1 aromatic heterocycles. The summed E-state index contributed by atoms with van der Waals surface area (Å²) in [5.41, 5.74) is 3.31. The summed E-state index contributed by atoms with van der Waals surface area (Å²) in [6.07, 6.45) is 1.78. The zero-order valence-electron chi connectivity index (χ0n) is 11.4. The Morgan fingerprint density at radius 3 is 2.45 bits per heavy atom. The molecule has 0 spiro atoms. The molecule has 0 aliphatic heterocycles. The Hall–Kier alpha value is -2.13. The predicted molar refractivity (Wildman–Crippen MR) is 81.5 cm³/mol. The summed E-state index contributed by atoms with van der Waals surface area (Å²) in [6.45, 7) is 1.12. The highest BCUT2D eigenvalue weighted by Crippen LogP contribution is 2.25. The van der Waals surface area contributed by atoms with Crippen LogP contribution in [0.15, 0.2) is 54.6 Å². The summed E-state index contributed by atoms with van der Waals surface area (Å²) < 4.78 is 2.25. The molecule has 0 radical (unpaired) electrons. The lowest BCUT2D eigenvalue weighted by molar-refractivity contribution is 0.281. The molecule has 3 nitrogen and oxygen atoms in total. The molecule has 2 aromatic carbocycles. The van der Waals surface area contributed by atoms with Crippen LogP contribution in [0, 0.1) is 0 Å². The molecule has 0 unspecified atom stereocenters. The fourth-order valence-corrected chi connectivity index (χ4v) is 2.49. The van der Waals surface area contributed by atoms with Gasteiger partial charge in [0.2, 0.25) is 0 Å². The van der Waals surface area contributed by atoms with Crippen LogP contribution in [0.4, 0.5) is 0 Å². The lowest BCUT2D eigenvalue weighted by atomic mass is 10.2. The number of aliphatic hydroxyl groups is 1. The molecule has 1 heterocycles. The van der Waals surface area contributed by atoms with Gasteiger partial charge in [-0.05, 0) is 25.0 Å². The molecular weight excluding hydrogens is 248 g/mol. The minimum Gasteiger partial charge on any atom is -0.396 e. The summed E-state index contributed by atoms with van der Waals surface area (Å²) in [6, 6.07) is 18.5. The van der Waals surface area contributed by atoms with Gasteiger partial charge in [0, 0.05) is 18.7 Å². The van der Waals surface area contributed by atoms with E-state index < -0.39 is 0 Å². The molecule has 0 aliphatic carbocycles. The Morgan fingerprint density at radius 1 is 0.900 bits per heavy atom. The maximum absolute atomic E-state index is 8.97. The molecule has 1 N–H and O–H groups in total. The van der Waals surface area contributed by atoms with Gasteiger partial charge in [-0.3, -0.25) is 0 Å². The maximum atomic E-state index is 8.97. The number of fused-ring (bicyclic) bond motifs is 1. The first-order valence-electron chi connectivity index (χ1n) is 7.01. The van der Waals surface area contributed by atoms with Crippen molar-refractivity contribution in [2.45, 2.75) is 19.4 Å². The number of imidazole rings is 1. The molecule has 0 bridgehead atoms. The molecule has 102 valence electrons. The Kier molecular flexibility index (Phi) is 3.79. The topological polar surface area (TPSA) is 38.0 Å². The van der Waals surface area contributed by atoms with Crippen LogP contribution in [0.2, 0.25) is 0 Å². The molecule has 3 heteroatoms. The van der Waals surface area contributed by atoms with Crippen molar-refractivity contribution in [3.63, 3.8) is 0 Å². The summed E-state index contributed by atoms with van der Waals surface area (Å²) in [4.78, 5) is 4.76. The Bertz CT molecular complexity index is 689. The second kappa shape index (κ2) is 5.88. The van der Waals surface area contributed by atoms with E-state index in [-0.39, 0.29) is 6.61 Å². The SMILES string of the molecule is OCCCCn1c(-c2ccccc2)nc2ccccc21. The smallest absolute Gasteiger partial charge is 0.141 e. The molecule has 0 aliphatic rings. The number of aryl methyl sites for hydroxylation is 1. The van der Waals surface area contributed by atoms with Gasteiger partial charge in [-0.25, -0.2) is 4.98 Å². The van der Waals surface area contributed by atoms with Gasteiger partial charge in [-0.1, -0.05) is 42.5 Å². The molecule has 3 aromatic rings. The van der Waals surface area contributed by atoms with Gasteiger partial charge in [0.25, 0.3) is 0 Å².